The number of amides is 1. The molecule has 0 saturated carbocycles. The summed E-state index contributed by atoms with van der Waals surface area (Å²) in [5.74, 6) is -0.189. The predicted octanol–water partition coefficient (Wildman–Crippen LogP) is 3.40. The van der Waals surface area contributed by atoms with Gasteiger partial charge in [0, 0.05) is 19.7 Å². The van der Waals surface area contributed by atoms with E-state index in [1.54, 1.807) is 50.5 Å². The van der Waals surface area contributed by atoms with E-state index >= 15 is 0 Å². The van der Waals surface area contributed by atoms with Crippen molar-refractivity contribution in [2.75, 3.05) is 14.1 Å². The number of ether oxygens (including phenoxy) is 1. The number of hydrogen-bond acceptors (Lipinski definition) is 3. The molecule has 5 heteroatoms. The first-order valence-corrected chi connectivity index (χ1v) is 7.31. The zero-order chi connectivity index (χ0) is 17.5. The molecule has 0 aliphatic heterocycles. The second-order valence-corrected chi connectivity index (χ2v) is 5.33. The highest BCUT2D eigenvalue weighted by Gasteiger charge is 2.12. The summed E-state index contributed by atoms with van der Waals surface area (Å²) in [4.78, 5) is 13.3. The Bertz CT molecular complexity index is 807. The van der Waals surface area contributed by atoms with Gasteiger partial charge in [0.25, 0.3) is 5.91 Å². The van der Waals surface area contributed by atoms with Crippen molar-refractivity contribution >= 4 is 12.0 Å². The molecule has 0 radical (unpaired) electrons. The van der Waals surface area contributed by atoms with Crippen molar-refractivity contribution in [3.8, 4) is 11.8 Å². The molecule has 4 nitrogen and oxygen atoms in total. The molecule has 0 heterocycles. The fraction of sp³-hybridized carbons (Fsp3) is 0.158. The Morgan fingerprint density at radius 3 is 2.67 bits per heavy atom. The highest BCUT2D eigenvalue weighted by molar-refractivity contribution is 6.01. The minimum Gasteiger partial charge on any atom is -0.488 e. The van der Waals surface area contributed by atoms with E-state index in [4.69, 9.17) is 4.74 Å². The van der Waals surface area contributed by atoms with E-state index in [9.17, 15) is 14.4 Å². The van der Waals surface area contributed by atoms with Crippen molar-refractivity contribution in [3.05, 3.63) is 71.0 Å². The van der Waals surface area contributed by atoms with Crippen molar-refractivity contribution in [1.82, 2.24) is 4.90 Å². The highest BCUT2D eigenvalue weighted by atomic mass is 19.1. The maximum Gasteiger partial charge on any atom is 0.264 e. The van der Waals surface area contributed by atoms with Gasteiger partial charge in [0.1, 0.15) is 29.8 Å². The van der Waals surface area contributed by atoms with Crippen molar-refractivity contribution in [1.29, 1.82) is 5.26 Å². The third-order valence-corrected chi connectivity index (χ3v) is 3.26. The zero-order valence-corrected chi connectivity index (χ0v) is 13.5. The van der Waals surface area contributed by atoms with E-state index in [2.05, 4.69) is 0 Å². The molecule has 2 aromatic carbocycles. The fourth-order valence-corrected chi connectivity index (χ4v) is 2.06. The Balaban J connectivity index is 2.24. The summed E-state index contributed by atoms with van der Waals surface area (Å²) in [5.41, 5.74) is 1.32. The normalized spacial score (nSPS) is 10.8. The van der Waals surface area contributed by atoms with Gasteiger partial charge in [-0.3, -0.25) is 4.79 Å². The molecule has 0 spiro atoms. The van der Waals surface area contributed by atoms with Crippen LogP contribution in [0.2, 0.25) is 0 Å². The van der Waals surface area contributed by atoms with Gasteiger partial charge in [-0.15, -0.1) is 0 Å². The van der Waals surface area contributed by atoms with Gasteiger partial charge >= 0.3 is 0 Å². The van der Waals surface area contributed by atoms with E-state index in [1.165, 1.54) is 23.1 Å². The lowest BCUT2D eigenvalue weighted by Crippen LogP contribution is -2.22. The van der Waals surface area contributed by atoms with Gasteiger partial charge in [0.05, 0.1) is 0 Å². The van der Waals surface area contributed by atoms with Crippen LogP contribution in [0.3, 0.4) is 0 Å². The lowest BCUT2D eigenvalue weighted by molar-refractivity contribution is -0.124. The molecule has 122 valence electrons. The van der Waals surface area contributed by atoms with Gasteiger partial charge in [0.2, 0.25) is 0 Å². The van der Waals surface area contributed by atoms with Gasteiger partial charge in [-0.2, -0.15) is 5.26 Å². The molecule has 0 unspecified atom stereocenters. The van der Waals surface area contributed by atoms with Crippen LogP contribution >= 0.6 is 0 Å². The van der Waals surface area contributed by atoms with Gasteiger partial charge in [-0.25, -0.2) is 4.39 Å². The summed E-state index contributed by atoms with van der Waals surface area (Å²) in [6.45, 7) is 0.187. The van der Waals surface area contributed by atoms with Crippen LogP contribution in [0.1, 0.15) is 11.1 Å². The Morgan fingerprint density at radius 1 is 1.25 bits per heavy atom. The summed E-state index contributed by atoms with van der Waals surface area (Å²) in [7, 11) is 3.17. The molecule has 0 aliphatic rings. The van der Waals surface area contributed by atoms with Crippen LogP contribution in [-0.4, -0.2) is 24.9 Å². The van der Waals surface area contributed by atoms with Crippen LogP contribution in [0, 0.1) is 17.1 Å². The average Bonchev–Trinajstić information content (AvgIpc) is 2.58. The van der Waals surface area contributed by atoms with Crippen LogP contribution in [-0.2, 0) is 11.4 Å². The first kappa shape index (κ1) is 17.2. The van der Waals surface area contributed by atoms with Gasteiger partial charge < -0.3 is 9.64 Å². The van der Waals surface area contributed by atoms with Gasteiger partial charge in [0.15, 0.2) is 0 Å². The summed E-state index contributed by atoms with van der Waals surface area (Å²) in [5, 5.41) is 9.19. The molecular formula is C19H17FN2O2. The molecule has 0 atom stereocenters. The minimum absolute atomic E-state index is 0.0156. The minimum atomic E-state index is -0.377. The second kappa shape index (κ2) is 7.93. The average molecular weight is 324 g/mol. The number of halogens is 1. The first-order valence-electron chi connectivity index (χ1n) is 7.31. The van der Waals surface area contributed by atoms with Crippen LogP contribution in [0.15, 0.2) is 54.1 Å². The molecule has 0 aliphatic carbocycles. The van der Waals surface area contributed by atoms with Gasteiger partial charge in [-0.1, -0.05) is 30.3 Å². The maximum absolute atomic E-state index is 13.2. The number of nitrogens with zero attached hydrogens (tertiary/aromatic N) is 2. The first-order chi connectivity index (χ1) is 11.5. The molecule has 2 aromatic rings. The van der Waals surface area contributed by atoms with Crippen LogP contribution < -0.4 is 4.74 Å². The van der Waals surface area contributed by atoms with Crippen molar-refractivity contribution < 1.29 is 13.9 Å². The number of benzene rings is 2. The van der Waals surface area contributed by atoms with E-state index in [-0.39, 0.29) is 23.9 Å². The van der Waals surface area contributed by atoms with E-state index in [1.807, 2.05) is 6.07 Å². The SMILES string of the molecule is CN(C)C(=O)/C(C#N)=C\c1ccccc1OCc1cccc(F)c1. The summed E-state index contributed by atoms with van der Waals surface area (Å²) in [6.07, 6.45) is 1.49. The highest BCUT2D eigenvalue weighted by Crippen LogP contribution is 2.22. The molecule has 2 rings (SSSR count). The van der Waals surface area contributed by atoms with E-state index < -0.39 is 0 Å². The number of carbonyl (C=O) groups is 1. The predicted molar refractivity (Wildman–Crippen MR) is 89.5 cm³/mol. The summed E-state index contributed by atoms with van der Waals surface area (Å²) >= 11 is 0. The molecular weight excluding hydrogens is 307 g/mol. The van der Waals surface area contributed by atoms with Crippen molar-refractivity contribution in [2.45, 2.75) is 6.61 Å². The Labute approximate surface area is 140 Å². The topological polar surface area (TPSA) is 53.3 Å². The summed E-state index contributed by atoms with van der Waals surface area (Å²) < 4.78 is 18.9. The molecule has 1 amide bonds. The number of hydrogen-bond donors (Lipinski definition) is 0. The zero-order valence-electron chi connectivity index (χ0n) is 13.5. The molecule has 0 saturated heterocycles. The largest absolute Gasteiger partial charge is 0.488 e. The quantitative estimate of drug-likeness (QED) is 0.626. The van der Waals surface area contributed by atoms with Gasteiger partial charge in [-0.05, 0) is 29.8 Å². The standard InChI is InChI=1S/C19H17FN2O2/c1-22(2)19(23)16(12-21)11-15-7-3-4-9-18(15)24-13-14-6-5-8-17(20)10-14/h3-11H,13H2,1-2H3/b16-11-. The maximum atomic E-state index is 13.2. The van der Waals surface area contributed by atoms with Crippen LogP contribution in [0.5, 0.6) is 5.75 Å². The number of para-hydroxylation sites is 1. The Kier molecular flexibility index (Phi) is 5.69. The summed E-state index contributed by atoms with van der Waals surface area (Å²) in [6, 6.07) is 15.1. The smallest absolute Gasteiger partial charge is 0.264 e. The lowest BCUT2D eigenvalue weighted by atomic mass is 10.1. The fourth-order valence-electron chi connectivity index (χ4n) is 2.06. The third-order valence-electron chi connectivity index (χ3n) is 3.26. The van der Waals surface area contributed by atoms with E-state index in [0.717, 1.165) is 0 Å². The molecule has 0 bridgehead atoms. The molecule has 24 heavy (non-hydrogen) atoms. The number of rotatable bonds is 5. The monoisotopic (exact) mass is 324 g/mol. The Morgan fingerprint density at radius 2 is 2.00 bits per heavy atom. The molecule has 0 N–H and O–H groups in total. The van der Waals surface area contributed by atoms with Crippen LogP contribution in [0.4, 0.5) is 4.39 Å². The molecule has 0 fully saturated rings. The van der Waals surface area contributed by atoms with Crippen molar-refractivity contribution in [2.24, 2.45) is 0 Å². The van der Waals surface area contributed by atoms with Crippen molar-refractivity contribution in [3.63, 3.8) is 0 Å². The number of carbonyl (C=O) groups excluding carboxylic acids is 1. The Hall–Kier alpha value is -3.13. The molecule has 0 aromatic heterocycles. The number of nitriles is 1. The lowest BCUT2D eigenvalue weighted by Gasteiger charge is -2.11. The van der Waals surface area contributed by atoms with E-state index in [0.29, 0.717) is 16.9 Å². The number of likely N-dealkylation sites (N-methyl/N-ethyl adjacent to an activating group) is 1. The second-order valence-electron chi connectivity index (χ2n) is 5.33. The third kappa shape index (κ3) is 4.43. The van der Waals surface area contributed by atoms with Crippen LogP contribution in [0.25, 0.3) is 6.08 Å².